The third-order valence-electron chi connectivity index (χ3n) is 3.97. The van der Waals surface area contributed by atoms with Crippen LogP contribution < -0.4 is 0 Å². The van der Waals surface area contributed by atoms with Gasteiger partial charge in [-0.1, -0.05) is 35.3 Å². The fourth-order valence-corrected chi connectivity index (χ4v) is 3.12. The van der Waals surface area contributed by atoms with Crippen molar-refractivity contribution in [3.05, 3.63) is 33.8 Å². The van der Waals surface area contributed by atoms with Gasteiger partial charge in [0.2, 0.25) is 0 Å². The Hall–Kier alpha value is -0.810. The molecule has 1 heterocycles. The third-order valence-corrected chi connectivity index (χ3v) is 4.81. The molecule has 0 radical (unpaired) electrons. The Labute approximate surface area is 134 Å². The van der Waals surface area contributed by atoms with Crippen molar-refractivity contribution in [3.63, 3.8) is 0 Å². The fraction of sp³-hybridized carbons (Fsp3) is 0.533. The molecular weight excluding hydrogens is 313 g/mol. The lowest BCUT2D eigenvalue weighted by Crippen LogP contribution is -2.41. The summed E-state index contributed by atoms with van der Waals surface area (Å²) in [4.78, 5) is 14.2. The van der Waals surface area contributed by atoms with Crippen LogP contribution in [0.25, 0.3) is 0 Å². The maximum absolute atomic E-state index is 12.2. The number of nitrogens with zero attached hydrogens (tertiary/aromatic N) is 1. The Morgan fingerprint density at radius 1 is 1.43 bits per heavy atom. The number of carbonyl (C=O) groups is 1. The molecule has 1 aliphatic rings. The molecule has 1 saturated heterocycles. The first-order chi connectivity index (χ1) is 10.1. The summed E-state index contributed by atoms with van der Waals surface area (Å²) in [6.07, 6.45) is 1.70. The van der Waals surface area contributed by atoms with Gasteiger partial charge in [0.1, 0.15) is 6.04 Å². The molecule has 6 heteroatoms. The van der Waals surface area contributed by atoms with Gasteiger partial charge in [-0.25, -0.2) is 4.79 Å². The van der Waals surface area contributed by atoms with Crippen LogP contribution in [-0.4, -0.2) is 42.8 Å². The molecule has 4 nitrogen and oxygen atoms in total. The Kier molecular flexibility index (Phi) is 5.88. The minimum Gasteiger partial charge on any atom is -0.468 e. The molecule has 21 heavy (non-hydrogen) atoms. The van der Waals surface area contributed by atoms with E-state index < -0.39 is 6.04 Å². The summed E-state index contributed by atoms with van der Waals surface area (Å²) in [5.74, 6) is -0.0454. The number of rotatable bonds is 4. The number of hydrogen-bond donors (Lipinski definition) is 1. The molecule has 1 fully saturated rings. The van der Waals surface area contributed by atoms with Crippen molar-refractivity contribution in [3.8, 4) is 0 Å². The molecule has 1 aliphatic heterocycles. The van der Waals surface area contributed by atoms with Crippen LogP contribution in [0.4, 0.5) is 0 Å². The molecule has 0 spiro atoms. The number of likely N-dealkylation sites (tertiary alicyclic amines) is 1. The number of halogens is 2. The highest BCUT2D eigenvalue weighted by Gasteiger charge is 2.33. The van der Waals surface area contributed by atoms with Crippen molar-refractivity contribution in [2.75, 3.05) is 26.8 Å². The molecule has 0 amide bonds. The number of benzene rings is 1. The molecule has 0 saturated carbocycles. The maximum atomic E-state index is 12.2. The summed E-state index contributed by atoms with van der Waals surface area (Å²) in [7, 11) is 1.37. The molecule has 0 aromatic heterocycles. The summed E-state index contributed by atoms with van der Waals surface area (Å²) in [6, 6.07) is 4.72. The van der Waals surface area contributed by atoms with E-state index in [9.17, 15) is 9.90 Å². The lowest BCUT2D eigenvalue weighted by atomic mass is 9.95. The standard InChI is InChI=1S/C15H19Cl2NO3/c1-21-15(20)14(11-3-2-4-12(16)13(11)17)18-7-5-10(9-19)6-8-18/h2-4,10,14,19H,5-9H2,1H3. The number of aliphatic hydroxyl groups excluding tert-OH is 1. The van der Waals surface area contributed by atoms with Gasteiger partial charge in [-0.3, -0.25) is 4.90 Å². The average Bonchev–Trinajstić information content (AvgIpc) is 2.52. The van der Waals surface area contributed by atoms with E-state index in [2.05, 4.69) is 0 Å². The second-order valence-electron chi connectivity index (χ2n) is 5.23. The second kappa shape index (κ2) is 7.45. The van der Waals surface area contributed by atoms with Crippen molar-refractivity contribution in [2.45, 2.75) is 18.9 Å². The lowest BCUT2D eigenvalue weighted by molar-refractivity contribution is -0.148. The first kappa shape index (κ1) is 16.6. The number of piperidine rings is 1. The van der Waals surface area contributed by atoms with Crippen LogP contribution in [0.3, 0.4) is 0 Å². The van der Waals surface area contributed by atoms with E-state index in [0.717, 1.165) is 12.8 Å². The van der Waals surface area contributed by atoms with Crippen molar-refractivity contribution in [1.29, 1.82) is 0 Å². The summed E-state index contributed by atoms with van der Waals surface area (Å²) >= 11 is 12.3. The van der Waals surface area contributed by atoms with Crippen LogP contribution >= 0.6 is 23.2 Å². The van der Waals surface area contributed by atoms with Gasteiger partial charge >= 0.3 is 5.97 Å². The zero-order chi connectivity index (χ0) is 15.4. The highest BCUT2D eigenvalue weighted by molar-refractivity contribution is 6.42. The molecule has 1 N–H and O–H groups in total. The van der Waals surface area contributed by atoms with Gasteiger partial charge in [-0.15, -0.1) is 0 Å². The number of aliphatic hydroxyl groups is 1. The number of esters is 1. The van der Waals surface area contributed by atoms with Gasteiger partial charge in [-0.05, 0) is 37.9 Å². The SMILES string of the molecule is COC(=O)C(c1cccc(Cl)c1Cl)N1CCC(CO)CC1. The largest absolute Gasteiger partial charge is 0.468 e. The van der Waals surface area contributed by atoms with Crippen LogP contribution in [0.15, 0.2) is 18.2 Å². The topological polar surface area (TPSA) is 49.8 Å². The molecule has 1 atom stereocenters. The normalized spacial score (nSPS) is 18.5. The Morgan fingerprint density at radius 3 is 2.67 bits per heavy atom. The van der Waals surface area contributed by atoms with E-state index in [4.69, 9.17) is 27.9 Å². The maximum Gasteiger partial charge on any atom is 0.327 e. The first-order valence-corrected chi connectivity index (χ1v) is 7.70. The summed E-state index contributed by atoms with van der Waals surface area (Å²) in [5.41, 5.74) is 0.665. The summed E-state index contributed by atoms with van der Waals surface area (Å²) in [6.45, 7) is 1.62. The Morgan fingerprint density at radius 2 is 2.10 bits per heavy atom. The zero-order valence-corrected chi connectivity index (χ0v) is 13.4. The molecule has 0 bridgehead atoms. The van der Waals surface area contributed by atoms with Gasteiger partial charge in [-0.2, -0.15) is 0 Å². The van der Waals surface area contributed by atoms with Gasteiger partial charge in [0.25, 0.3) is 0 Å². The van der Waals surface area contributed by atoms with Crippen LogP contribution in [0.1, 0.15) is 24.4 Å². The highest BCUT2D eigenvalue weighted by Crippen LogP contribution is 2.35. The zero-order valence-electron chi connectivity index (χ0n) is 11.9. The van der Waals surface area contributed by atoms with Crippen LogP contribution in [-0.2, 0) is 9.53 Å². The predicted octanol–water partition coefficient (Wildman–Crippen LogP) is 2.91. The Bertz CT molecular complexity index is 502. The van der Waals surface area contributed by atoms with Gasteiger partial charge in [0, 0.05) is 12.2 Å². The number of hydrogen-bond acceptors (Lipinski definition) is 4. The molecule has 0 aliphatic carbocycles. The van der Waals surface area contributed by atoms with E-state index in [1.54, 1.807) is 18.2 Å². The van der Waals surface area contributed by atoms with E-state index in [1.165, 1.54) is 7.11 Å². The minimum absolute atomic E-state index is 0.189. The fourth-order valence-electron chi connectivity index (χ4n) is 2.71. The number of methoxy groups -OCH3 is 1. The molecular formula is C15H19Cl2NO3. The van der Waals surface area contributed by atoms with Crippen LogP contribution in [0, 0.1) is 5.92 Å². The highest BCUT2D eigenvalue weighted by atomic mass is 35.5. The van der Waals surface area contributed by atoms with E-state index in [0.29, 0.717) is 34.6 Å². The smallest absolute Gasteiger partial charge is 0.327 e. The van der Waals surface area contributed by atoms with Gasteiger partial charge in [0.15, 0.2) is 0 Å². The Balaban J connectivity index is 2.27. The average molecular weight is 332 g/mol. The van der Waals surface area contributed by atoms with Crippen molar-refractivity contribution >= 4 is 29.2 Å². The predicted molar refractivity (Wildman–Crippen MR) is 82.6 cm³/mol. The van der Waals surface area contributed by atoms with Crippen molar-refractivity contribution in [2.24, 2.45) is 5.92 Å². The minimum atomic E-state index is -0.555. The van der Waals surface area contributed by atoms with E-state index >= 15 is 0 Å². The summed E-state index contributed by atoms with van der Waals surface area (Å²) < 4.78 is 4.94. The molecule has 1 aromatic rings. The van der Waals surface area contributed by atoms with Crippen LogP contribution in [0.2, 0.25) is 10.0 Å². The quantitative estimate of drug-likeness (QED) is 0.862. The second-order valence-corrected chi connectivity index (χ2v) is 6.02. The molecule has 1 unspecified atom stereocenters. The van der Waals surface area contributed by atoms with Crippen LogP contribution in [0.5, 0.6) is 0 Å². The monoisotopic (exact) mass is 331 g/mol. The van der Waals surface area contributed by atoms with E-state index in [-0.39, 0.29) is 12.6 Å². The third kappa shape index (κ3) is 3.69. The summed E-state index contributed by atoms with van der Waals surface area (Å²) in [5, 5.41) is 10.0. The van der Waals surface area contributed by atoms with Gasteiger partial charge < -0.3 is 9.84 Å². The molecule has 2 rings (SSSR count). The lowest BCUT2D eigenvalue weighted by Gasteiger charge is -2.36. The van der Waals surface area contributed by atoms with E-state index in [1.807, 2.05) is 4.90 Å². The van der Waals surface area contributed by atoms with Gasteiger partial charge in [0.05, 0.1) is 17.2 Å². The molecule has 116 valence electrons. The first-order valence-electron chi connectivity index (χ1n) is 6.95. The van der Waals surface area contributed by atoms with Crippen molar-refractivity contribution < 1.29 is 14.6 Å². The number of carbonyl (C=O) groups excluding carboxylic acids is 1. The number of ether oxygens (including phenoxy) is 1. The molecule has 1 aromatic carbocycles. The van der Waals surface area contributed by atoms with Crippen molar-refractivity contribution in [1.82, 2.24) is 4.90 Å².